The monoisotopic (exact) mass is 339 g/mol. The molecule has 0 aromatic heterocycles. The van der Waals surface area contributed by atoms with Crippen molar-refractivity contribution in [2.75, 3.05) is 7.11 Å². The molecule has 1 saturated heterocycles. The molecule has 1 heterocycles. The van der Waals surface area contributed by atoms with Crippen LogP contribution in [0, 0.1) is 5.92 Å². The van der Waals surface area contributed by atoms with Gasteiger partial charge in [0.1, 0.15) is 6.61 Å². The molecule has 25 heavy (non-hydrogen) atoms. The molecule has 2 aromatic carbocycles. The fourth-order valence-electron chi connectivity index (χ4n) is 3.42. The van der Waals surface area contributed by atoms with Crippen LogP contribution in [-0.2, 0) is 17.8 Å². The smallest absolute Gasteiger partial charge is 0.210 e. The Labute approximate surface area is 149 Å². The van der Waals surface area contributed by atoms with Crippen LogP contribution in [0.4, 0.5) is 0 Å². The Bertz CT molecular complexity index is 714. The summed E-state index contributed by atoms with van der Waals surface area (Å²) in [7, 11) is 1.65. The lowest BCUT2D eigenvalue weighted by atomic mass is 10.0. The van der Waals surface area contributed by atoms with Crippen molar-refractivity contribution in [1.82, 2.24) is 4.90 Å². The predicted octanol–water partition coefficient (Wildman–Crippen LogP) is 3.68. The van der Waals surface area contributed by atoms with Crippen LogP contribution in [-0.4, -0.2) is 30.5 Å². The van der Waals surface area contributed by atoms with E-state index in [1.807, 2.05) is 53.4 Å². The molecule has 2 unspecified atom stereocenters. The Balaban J connectivity index is 1.70. The number of hydrogen-bond acceptors (Lipinski definition) is 3. The van der Waals surface area contributed by atoms with Crippen LogP contribution in [0.1, 0.15) is 25.0 Å². The minimum atomic E-state index is 0.285. The quantitative estimate of drug-likeness (QED) is 0.544. The van der Waals surface area contributed by atoms with Gasteiger partial charge in [-0.2, -0.15) is 0 Å². The van der Waals surface area contributed by atoms with Crippen molar-refractivity contribution in [1.29, 1.82) is 0 Å². The van der Waals surface area contributed by atoms with Gasteiger partial charge in [-0.3, -0.25) is 4.79 Å². The maximum Gasteiger partial charge on any atom is 0.210 e. The van der Waals surface area contributed by atoms with E-state index in [0.29, 0.717) is 18.6 Å². The first-order chi connectivity index (χ1) is 12.1. The third-order valence-electron chi connectivity index (χ3n) is 4.75. The molecule has 4 nitrogen and oxygen atoms in total. The summed E-state index contributed by atoms with van der Waals surface area (Å²) in [5.41, 5.74) is 2.27. The van der Waals surface area contributed by atoms with E-state index in [1.165, 1.54) is 0 Å². The number of rotatable bonds is 8. The number of ether oxygens (including phenoxy) is 2. The van der Waals surface area contributed by atoms with Gasteiger partial charge in [0.25, 0.3) is 0 Å². The van der Waals surface area contributed by atoms with E-state index in [9.17, 15) is 4.79 Å². The van der Waals surface area contributed by atoms with Gasteiger partial charge in [0.15, 0.2) is 11.5 Å². The fraction of sp³-hybridized carbons (Fsp3) is 0.381. The number of amides is 1. The maximum atomic E-state index is 11.2. The van der Waals surface area contributed by atoms with Crippen molar-refractivity contribution in [3.05, 3.63) is 59.7 Å². The second-order valence-corrected chi connectivity index (χ2v) is 6.82. The molecule has 3 rings (SSSR count). The third kappa shape index (κ3) is 3.95. The number of carbonyl (C=O) groups excluding carboxylic acids is 1. The van der Waals surface area contributed by atoms with Gasteiger partial charge in [-0.1, -0.05) is 50.2 Å². The molecule has 1 aliphatic rings. The zero-order valence-electron chi connectivity index (χ0n) is 15.0. The molecular weight excluding hydrogens is 314 g/mol. The first-order valence-corrected chi connectivity index (χ1v) is 8.70. The SMILES string of the molecule is COc1ccc(CC2C(C(C)C)N2C=O)cc1OCc1ccccc1. The van der Waals surface area contributed by atoms with Crippen molar-refractivity contribution in [3.63, 3.8) is 0 Å². The summed E-state index contributed by atoms with van der Waals surface area (Å²) in [4.78, 5) is 13.1. The lowest BCUT2D eigenvalue weighted by Crippen LogP contribution is -2.05. The van der Waals surface area contributed by atoms with E-state index in [-0.39, 0.29) is 6.04 Å². The lowest BCUT2D eigenvalue weighted by molar-refractivity contribution is -0.114. The number of benzene rings is 2. The molecule has 132 valence electrons. The molecule has 0 bridgehead atoms. The van der Waals surface area contributed by atoms with Gasteiger partial charge in [-0.05, 0) is 35.6 Å². The first kappa shape index (κ1) is 17.3. The normalized spacial score (nSPS) is 19.0. The fourth-order valence-corrected chi connectivity index (χ4v) is 3.42. The van der Waals surface area contributed by atoms with E-state index < -0.39 is 0 Å². The van der Waals surface area contributed by atoms with Crippen LogP contribution in [0.2, 0.25) is 0 Å². The molecule has 0 aliphatic carbocycles. The summed E-state index contributed by atoms with van der Waals surface area (Å²) in [5, 5.41) is 0. The molecule has 0 N–H and O–H groups in total. The second-order valence-electron chi connectivity index (χ2n) is 6.82. The predicted molar refractivity (Wildman–Crippen MR) is 97.8 cm³/mol. The summed E-state index contributed by atoms with van der Waals surface area (Å²) in [6, 6.07) is 16.7. The number of carbonyl (C=O) groups is 1. The summed E-state index contributed by atoms with van der Waals surface area (Å²) in [6.07, 6.45) is 1.80. The zero-order valence-corrected chi connectivity index (χ0v) is 15.0. The van der Waals surface area contributed by atoms with Gasteiger partial charge in [0.05, 0.1) is 19.2 Å². The van der Waals surface area contributed by atoms with E-state index in [0.717, 1.165) is 35.5 Å². The van der Waals surface area contributed by atoms with Crippen LogP contribution in [0.25, 0.3) is 0 Å². The highest BCUT2D eigenvalue weighted by Crippen LogP contribution is 2.36. The molecule has 0 spiro atoms. The minimum Gasteiger partial charge on any atom is -0.493 e. The lowest BCUT2D eigenvalue weighted by Gasteiger charge is -2.12. The summed E-state index contributed by atoms with van der Waals surface area (Å²) >= 11 is 0. The average molecular weight is 339 g/mol. The van der Waals surface area contributed by atoms with E-state index in [2.05, 4.69) is 13.8 Å². The molecule has 0 saturated carbocycles. The Kier molecular flexibility index (Phi) is 5.27. The van der Waals surface area contributed by atoms with Crippen LogP contribution in [0.5, 0.6) is 11.5 Å². The van der Waals surface area contributed by atoms with Crippen LogP contribution >= 0.6 is 0 Å². The second kappa shape index (κ2) is 7.60. The van der Waals surface area contributed by atoms with Crippen molar-refractivity contribution >= 4 is 6.41 Å². The molecule has 1 amide bonds. The Morgan fingerprint density at radius 3 is 2.44 bits per heavy atom. The van der Waals surface area contributed by atoms with Gasteiger partial charge in [0, 0.05) is 0 Å². The molecule has 0 radical (unpaired) electrons. The highest BCUT2D eigenvalue weighted by Gasteiger charge is 2.47. The Morgan fingerprint density at radius 2 is 1.84 bits per heavy atom. The molecular formula is C21H25NO3. The molecule has 1 aliphatic heterocycles. The molecule has 4 heteroatoms. The van der Waals surface area contributed by atoms with Crippen LogP contribution < -0.4 is 9.47 Å². The average Bonchev–Trinajstić information content (AvgIpc) is 3.34. The van der Waals surface area contributed by atoms with Gasteiger partial charge in [-0.15, -0.1) is 0 Å². The van der Waals surface area contributed by atoms with Crippen molar-refractivity contribution < 1.29 is 14.3 Å². The molecule has 1 fully saturated rings. The van der Waals surface area contributed by atoms with Gasteiger partial charge < -0.3 is 14.4 Å². The largest absolute Gasteiger partial charge is 0.493 e. The highest BCUT2D eigenvalue weighted by atomic mass is 16.5. The van der Waals surface area contributed by atoms with Crippen molar-refractivity contribution in [2.24, 2.45) is 5.92 Å². The zero-order chi connectivity index (χ0) is 17.8. The van der Waals surface area contributed by atoms with Crippen LogP contribution in [0.15, 0.2) is 48.5 Å². The van der Waals surface area contributed by atoms with E-state index in [4.69, 9.17) is 9.47 Å². The summed E-state index contributed by atoms with van der Waals surface area (Å²) in [5.74, 6) is 1.94. The first-order valence-electron chi connectivity index (χ1n) is 8.70. The maximum absolute atomic E-state index is 11.2. The Morgan fingerprint density at radius 1 is 1.08 bits per heavy atom. The number of nitrogens with zero attached hydrogens (tertiary/aromatic N) is 1. The number of hydrogen-bond donors (Lipinski definition) is 0. The third-order valence-corrected chi connectivity index (χ3v) is 4.75. The number of methoxy groups -OCH3 is 1. The van der Waals surface area contributed by atoms with Gasteiger partial charge >= 0.3 is 0 Å². The van der Waals surface area contributed by atoms with E-state index >= 15 is 0 Å². The topological polar surface area (TPSA) is 38.5 Å². The van der Waals surface area contributed by atoms with Gasteiger partial charge in [0.2, 0.25) is 6.41 Å². The van der Waals surface area contributed by atoms with Crippen molar-refractivity contribution in [2.45, 2.75) is 39.0 Å². The minimum absolute atomic E-state index is 0.285. The summed E-state index contributed by atoms with van der Waals surface area (Å²) < 4.78 is 11.4. The van der Waals surface area contributed by atoms with Crippen LogP contribution in [0.3, 0.4) is 0 Å². The standard InChI is InChI=1S/C21H25NO3/c1-15(2)21-18(22(21)14-23)11-17-9-10-19(24-3)20(12-17)25-13-16-7-5-4-6-8-16/h4-10,12,14-15,18,21H,11,13H2,1-3H3. The highest BCUT2D eigenvalue weighted by molar-refractivity contribution is 5.55. The van der Waals surface area contributed by atoms with Gasteiger partial charge in [-0.25, -0.2) is 0 Å². The van der Waals surface area contributed by atoms with E-state index in [1.54, 1.807) is 7.11 Å². The van der Waals surface area contributed by atoms with Crippen molar-refractivity contribution in [3.8, 4) is 11.5 Å². The molecule has 2 aromatic rings. The molecule has 2 atom stereocenters. The summed E-state index contributed by atoms with van der Waals surface area (Å²) in [6.45, 7) is 4.81. The Hall–Kier alpha value is -2.49.